The molecule has 1 aliphatic heterocycles. The van der Waals surface area contributed by atoms with Gasteiger partial charge in [-0.2, -0.15) is 18.3 Å². The predicted molar refractivity (Wildman–Crippen MR) is 148 cm³/mol. The number of nitrogens with two attached hydrogens (primary N) is 1. The van der Waals surface area contributed by atoms with E-state index < -0.39 is 17.8 Å². The molecule has 6 rings (SSSR count). The van der Waals surface area contributed by atoms with Crippen LogP contribution in [0.15, 0.2) is 61.1 Å². The molecule has 5 heterocycles. The molecule has 1 fully saturated rings. The molecule has 1 saturated heterocycles. The minimum absolute atomic E-state index is 0. The third-order valence-electron chi connectivity index (χ3n) is 6.91. The van der Waals surface area contributed by atoms with Gasteiger partial charge in [-0.3, -0.25) is 14.0 Å². The summed E-state index contributed by atoms with van der Waals surface area (Å²) in [7, 11) is 1.85. The number of benzene rings is 1. The Balaban J connectivity index is 0.00000176. The zero-order chi connectivity index (χ0) is 25.9. The first-order valence-electron chi connectivity index (χ1n) is 11.9. The molecule has 0 bridgehead atoms. The second kappa shape index (κ2) is 10.4. The van der Waals surface area contributed by atoms with Gasteiger partial charge in [0, 0.05) is 49.0 Å². The van der Waals surface area contributed by atoms with Crippen LogP contribution in [-0.4, -0.2) is 59.1 Å². The summed E-state index contributed by atoms with van der Waals surface area (Å²) in [6.07, 6.45) is 1.20. The molecule has 2 N–H and O–H groups in total. The highest BCUT2D eigenvalue weighted by Crippen LogP contribution is 2.41. The van der Waals surface area contributed by atoms with Crippen LogP contribution in [0, 0.1) is 0 Å². The maximum atomic E-state index is 14.3. The molecule has 0 spiro atoms. The lowest BCUT2D eigenvalue weighted by atomic mass is 10.0. The summed E-state index contributed by atoms with van der Waals surface area (Å²) in [6, 6.07) is 10.9. The monoisotopic (exact) mass is 578 g/mol. The topological polar surface area (TPSA) is 90.2 Å². The Morgan fingerprint density at radius 1 is 1.00 bits per heavy atom. The molecule has 2 atom stereocenters. The molecule has 8 nitrogen and oxygen atoms in total. The van der Waals surface area contributed by atoms with Crippen molar-refractivity contribution in [2.45, 2.75) is 31.1 Å². The minimum atomic E-state index is -4.47. The fraction of sp³-hybridized carbons (Fsp3) is 0.308. The van der Waals surface area contributed by atoms with Gasteiger partial charge in [-0.25, -0.2) is 4.98 Å². The number of rotatable bonds is 4. The Bertz CT molecular complexity index is 1630. The van der Waals surface area contributed by atoms with Crippen LogP contribution in [0.3, 0.4) is 0 Å². The third kappa shape index (κ3) is 5.44. The number of hydrogen-bond donors (Lipinski definition) is 1. The Labute approximate surface area is 234 Å². The maximum absolute atomic E-state index is 14.3. The van der Waals surface area contributed by atoms with Gasteiger partial charge in [0.1, 0.15) is 11.7 Å². The summed E-state index contributed by atoms with van der Waals surface area (Å²) in [6.45, 7) is 2.22. The predicted octanol–water partition coefficient (Wildman–Crippen LogP) is 5.22. The van der Waals surface area contributed by atoms with Gasteiger partial charge >= 0.3 is 6.18 Å². The van der Waals surface area contributed by atoms with Crippen LogP contribution in [0.4, 0.5) is 13.2 Å². The average molecular weight is 579 g/mol. The van der Waals surface area contributed by atoms with Crippen LogP contribution >= 0.6 is 24.8 Å². The van der Waals surface area contributed by atoms with E-state index >= 15 is 0 Å². The molecule has 5 aromatic rings. The van der Waals surface area contributed by atoms with Crippen molar-refractivity contribution >= 4 is 41.4 Å². The second-order valence-electron chi connectivity index (χ2n) is 10.0. The number of pyridine rings is 2. The van der Waals surface area contributed by atoms with Crippen LogP contribution in [0.25, 0.3) is 39.2 Å². The fourth-order valence-corrected chi connectivity index (χ4v) is 5.08. The zero-order valence-corrected chi connectivity index (χ0v) is 22.8. The van der Waals surface area contributed by atoms with Gasteiger partial charge in [-0.15, -0.1) is 35.0 Å². The number of halogens is 5. The van der Waals surface area contributed by atoms with Gasteiger partial charge in [0.25, 0.3) is 0 Å². The lowest BCUT2D eigenvalue weighted by Crippen LogP contribution is -2.43. The summed E-state index contributed by atoms with van der Waals surface area (Å²) in [4.78, 5) is 6.18. The van der Waals surface area contributed by atoms with Crippen LogP contribution in [0.1, 0.15) is 24.9 Å². The molecular formula is C26H27Cl2F3N8. The second-order valence-corrected chi connectivity index (χ2v) is 10.0. The molecule has 39 heavy (non-hydrogen) atoms. The number of alkyl halides is 3. The van der Waals surface area contributed by atoms with Crippen molar-refractivity contribution in [2.24, 2.45) is 12.8 Å². The van der Waals surface area contributed by atoms with Crippen molar-refractivity contribution < 1.29 is 13.2 Å². The molecule has 206 valence electrons. The van der Waals surface area contributed by atoms with E-state index in [9.17, 15) is 13.2 Å². The van der Waals surface area contributed by atoms with E-state index in [4.69, 9.17) is 10.7 Å². The highest BCUT2D eigenvalue weighted by Gasteiger charge is 2.48. The SMILES string of the molecule is Cl.Cl.Cn1cc(-c2ccc3ccc(-c4nnc5ccc([C@H](N6CC[C@](C)(N)C6)C(F)(F)F)cn45)nc3c2)cn1. The lowest BCUT2D eigenvalue weighted by molar-refractivity contribution is -0.184. The van der Waals surface area contributed by atoms with Crippen LogP contribution in [-0.2, 0) is 7.05 Å². The molecule has 0 radical (unpaired) electrons. The first-order chi connectivity index (χ1) is 17.6. The van der Waals surface area contributed by atoms with Crippen molar-refractivity contribution in [1.82, 2.24) is 34.3 Å². The number of fused-ring (bicyclic) bond motifs is 2. The van der Waals surface area contributed by atoms with Gasteiger partial charge in [0.2, 0.25) is 0 Å². The fourth-order valence-electron chi connectivity index (χ4n) is 5.08. The quantitative estimate of drug-likeness (QED) is 0.314. The van der Waals surface area contributed by atoms with E-state index in [1.54, 1.807) is 34.3 Å². The Hall–Kier alpha value is -3.25. The first-order valence-corrected chi connectivity index (χ1v) is 11.9. The molecule has 1 aromatic carbocycles. The largest absolute Gasteiger partial charge is 0.408 e. The van der Waals surface area contributed by atoms with Crippen molar-refractivity contribution in [1.29, 1.82) is 0 Å². The van der Waals surface area contributed by atoms with Crippen LogP contribution < -0.4 is 5.73 Å². The van der Waals surface area contributed by atoms with Crippen molar-refractivity contribution in [3.63, 3.8) is 0 Å². The molecule has 13 heteroatoms. The van der Waals surface area contributed by atoms with E-state index in [2.05, 4.69) is 15.3 Å². The number of aromatic nitrogens is 6. The zero-order valence-electron chi connectivity index (χ0n) is 21.1. The summed E-state index contributed by atoms with van der Waals surface area (Å²) in [5.74, 6) is 0.372. The number of likely N-dealkylation sites (tertiary alicyclic amines) is 1. The number of aryl methyl sites for hydroxylation is 1. The summed E-state index contributed by atoms with van der Waals surface area (Å²) in [5.41, 5.74) is 9.22. The van der Waals surface area contributed by atoms with Crippen molar-refractivity contribution in [3.8, 4) is 22.6 Å². The number of hydrogen-bond acceptors (Lipinski definition) is 6. The summed E-state index contributed by atoms with van der Waals surface area (Å²) < 4.78 is 46.1. The van der Waals surface area contributed by atoms with Gasteiger partial charge in [0.05, 0.1) is 11.7 Å². The Morgan fingerprint density at radius 3 is 2.44 bits per heavy atom. The van der Waals surface area contributed by atoms with Crippen LogP contribution in [0.2, 0.25) is 0 Å². The molecule has 1 aliphatic rings. The van der Waals surface area contributed by atoms with Crippen molar-refractivity contribution in [2.75, 3.05) is 13.1 Å². The average Bonchev–Trinajstić information content (AvgIpc) is 3.55. The highest BCUT2D eigenvalue weighted by atomic mass is 35.5. The lowest BCUT2D eigenvalue weighted by Gasteiger charge is -2.31. The van der Waals surface area contributed by atoms with Gasteiger partial charge in [0.15, 0.2) is 11.5 Å². The third-order valence-corrected chi connectivity index (χ3v) is 6.91. The van der Waals surface area contributed by atoms with E-state index in [0.717, 1.165) is 22.0 Å². The molecular weight excluding hydrogens is 552 g/mol. The van der Waals surface area contributed by atoms with E-state index in [0.29, 0.717) is 23.6 Å². The normalized spacial score (nSPS) is 18.7. The Morgan fingerprint density at radius 2 is 1.77 bits per heavy atom. The number of nitrogens with zero attached hydrogens (tertiary/aromatic N) is 7. The maximum Gasteiger partial charge on any atom is 0.408 e. The molecule has 4 aromatic heterocycles. The van der Waals surface area contributed by atoms with E-state index in [1.807, 2.05) is 37.5 Å². The molecule has 0 saturated carbocycles. The molecule has 0 unspecified atom stereocenters. The van der Waals surface area contributed by atoms with E-state index in [-0.39, 0.29) is 43.5 Å². The van der Waals surface area contributed by atoms with E-state index in [1.165, 1.54) is 17.2 Å². The highest BCUT2D eigenvalue weighted by molar-refractivity contribution is 5.86. The van der Waals surface area contributed by atoms with Gasteiger partial charge in [-0.05, 0) is 42.7 Å². The van der Waals surface area contributed by atoms with Crippen molar-refractivity contribution in [3.05, 3.63) is 66.6 Å². The smallest absolute Gasteiger partial charge is 0.324 e. The first kappa shape index (κ1) is 28.8. The van der Waals surface area contributed by atoms with Gasteiger partial charge in [-0.1, -0.05) is 24.3 Å². The van der Waals surface area contributed by atoms with Crippen LogP contribution in [0.5, 0.6) is 0 Å². The standard InChI is InChI=1S/C26H25F3N8.2ClH/c1-25(30)9-10-36(15-25)23(26(27,28)29)18-6-8-22-33-34-24(37(22)14-18)20-7-5-16-3-4-17(11-21(16)32-20)19-12-31-35(2)13-19;;/h3-8,11-14,23H,9-10,15,30H2,1-2H3;2*1H/t23-,25-;;/m0../s1. The molecule has 0 amide bonds. The summed E-state index contributed by atoms with van der Waals surface area (Å²) in [5, 5.41) is 13.6. The van der Waals surface area contributed by atoms with Gasteiger partial charge < -0.3 is 5.73 Å². The Kier molecular flexibility index (Phi) is 7.65. The minimum Gasteiger partial charge on any atom is -0.324 e. The summed E-state index contributed by atoms with van der Waals surface area (Å²) >= 11 is 0. The molecule has 0 aliphatic carbocycles.